The third-order valence-corrected chi connectivity index (χ3v) is 4.03. The molecule has 0 radical (unpaired) electrons. The molecular formula is C17H19ClFN. The lowest BCUT2D eigenvalue weighted by atomic mass is 9.96. The molecule has 2 aromatic carbocycles. The largest absolute Gasteiger partial charge is 0.313 e. The van der Waals surface area contributed by atoms with Gasteiger partial charge in [0.05, 0.1) is 5.02 Å². The van der Waals surface area contributed by atoms with Gasteiger partial charge in [-0.05, 0) is 55.6 Å². The summed E-state index contributed by atoms with van der Waals surface area (Å²) in [4.78, 5) is 0. The summed E-state index contributed by atoms with van der Waals surface area (Å²) in [5, 5.41) is 3.43. The number of rotatable bonds is 4. The Morgan fingerprint density at radius 3 is 2.55 bits per heavy atom. The first-order valence-corrected chi connectivity index (χ1v) is 7.08. The van der Waals surface area contributed by atoms with E-state index in [0.717, 1.165) is 5.56 Å². The maximum atomic E-state index is 14.0. The quantitative estimate of drug-likeness (QED) is 0.868. The van der Waals surface area contributed by atoms with Crippen LogP contribution in [0.4, 0.5) is 4.39 Å². The van der Waals surface area contributed by atoms with Crippen molar-refractivity contribution in [3.8, 4) is 0 Å². The lowest BCUT2D eigenvalue weighted by Gasteiger charge is -2.18. The maximum absolute atomic E-state index is 14.0. The fourth-order valence-corrected chi connectivity index (χ4v) is 2.49. The lowest BCUT2D eigenvalue weighted by Crippen LogP contribution is -2.19. The summed E-state index contributed by atoms with van der Waals surface area (Å²) < 4.78 is 14.0. The molecule has 0 aliphatic rings. The molecule has 0 amide bonds. The van der Waals surface area contributed by atoms with Gasteiger partial charge in [0, 0.05) is 6.04 Å². The van der Waals surface area contributed by atoms with Gasteiger partial charge >= 0.3 is 0 Å². The summed E-state index contributed by atoms with van der Waals surface area (Å²) in [6.45, 7) is 4.18. The Hall–Kier alpha value is -1.38. The second-order valence-corrected chi connectivity index (χ2v) is 5.51. The monoisotopic (exact) mass is 291 g/mol. The van der Waals surface area contributed by atoms with E-state index in [4.69, 9.17) is 11.6 Å². The minimum atomic E-state index is -0.321. The van der Waals surface area contributed by atoms with Crippen molar-refractivity contribution in [2.24, 2.45) is 0 Å². The molecule has 1 atom stereocenters. The van der Waals surface area contributed by atoms with Crippen LogP contribution in [0.2, 0.25) is 5.02 Å². The average Bonchev–Trinajstić information content (AvgIpc) is 2.44. The highest BCUT2D eigenvalue weighted by molar-refractivity contribution is 6.30. The molecule has 20 heavy (non-hydrogen) atoms. The molecule has 106 valence electrons. The molecule has 3 heteroatoms. The van der Waals surface area contributed by atoms with Gasteiger partial charge < -0.3 is 5.32 Å². The molecule has 0 bridgehead atoms. The summed E-state index contributed by atoms with van der Waals surface area (Å²) in [5.41, 5.74) is 4.30. The minimum Gasteiger partial charge on any atom is -0.313 e. The molecule has 0 saturated carbocycles. The van der Waals surface area contributed by atoms with Crippen molar-refractivity contribution in [3.63, 3.8) is 0 Å². The lowest BCUT2D eigenvalue weighted by molar-refractivity contribution is 0.554. The van der Waals surface area contributed by atoms with Gasteiger partial charge in [0.15, 0.2) is 0 Å². The Morgan fingerprint density at radius 2 is 1.90 bits per heavy atom. The molecule has 0 aliphatic heterocycles. The van der Waals surface area contributed by atoms with Crippen LogP contribution in [0.5, 0.6) is 0 Å². The topological polar surface area (TPSA) is 12.0 Å². The van der Waals surface area contributed by atoms with Gasteiger partial charge in [-0.3, -0.25) is 0 Å². The molecule has 0 aromatic heterocycles. The molecule has 0 heterocycles. The van der Waals surface area contributed by atoms with Crippen LogP contribution in [0.25, 0.3) is 0 Å². The summed E-state index contributed by atoms with van der Waals surface area (Å²) >= 11 is 5.84. The smallest absolute Gasteiger partial charge is 0.145 e. The maximum Gasteiger partial charge on any atom is 0.145 e. The summed E-state index contributed by atoms with van der Waals surface area (Å²) in [6, 6.07) is 11.6. The van der Waals surface area contributed by atoms with Gasteiger partial charge in [-0.15, -0.1) is 0 Å². The van der Waals surface area contributed by atoms with Crippen LogP contribution in [0, 0.1) is 19.7 Å². The van der Waals surface area contributed by atoms with Crippen LogP contribution in [0.3, 0.4) is 0 Å². The van der Waals surface area contributed by atoms with E-state index in [9.17, 15) is 4.39 Å². The Kier molecular flexibility index (Phi) is 4.79. The zero-order valence-corrected chi connectivity index (χ0v) is 12.8. The molecule has 0 spiro atoms. The van der Waals surface area contributed by atoms with E-state index in [1.165, 1.54) is 11.1 Å². The van der Waals surface area contributed by atoms with Gasteiger partial charge in [-0.25, -0.2) is 4.39 Å². The number of aryl methyl sites for hydroxylation is 2. The van der Waals surface area contributed by atoms with Crippen molar-refractivity contribution in [3.05, 3.63) is 69.5 Å². The van der Waals surface area contributed by atoms with E-state index >= 15 is 0 Å². The highest BCUT2D eigenvalue weighted by atomic mass is 35.5. The molecule has 1 nitrogen and oxygen atoms in total. The highest BCUT2D eigenvalue weighted by Crippen LogP contribution is 2.25. The minimum absolute atomic E-state index is 0.0715. The fraction of sp³-hybridized carbons (Fsp3) is 0.294. The Bertz CT molecular complexity index is 610. The second-order valence-electron chi connectivity index (χ2n) is 5.10. The van der Waals surface area contributed by atoms with E-state index in [1.54, 1.807) is 18.2 Å². The Balaban J connectivity index is 2.28. The predicted octanol–water partition coefficient (Wildman–Crippen LogP) is 4.60. The third-order valence-electron chi connectivity index (χ3n) is 3.74. The summed E-state index contributed by atoms with van der Waals surface area (Å²) in [6.07, 6.45) is 0.575. The second kappa shape index (κ2) is 6.38. The van der Waals surface area contributed by atoms with Crippen molar-refractivity contribution >= 4 is 11.6 Å². The van der Waals surface area contributed by atoms with Gasteiger partial charge in [-0.2, -0.15) is 0 Å². The normalized spacial score (nSPS) is 12.4. The van der Waals surface area contributed by atoms with Crippen LogP contribution < -0.4 is 5.32 Å². The Labute approximate surface area is 124 Å². The van der Waals surface area contributed by atoms with Crippen LogP contribution in [0.1, 0.15) is 28.3 Å². The molecule has 2 aromatic rings. The number of hydrogen-bond acceptors (Lipinski definition) is 1. The Morgan fingerprint density at radius 1 is 1.15 bits per heavy atom. The average molecular weight is 292 g/mol. The standard InChI is InChI=1S/C17H19ClFN/c1-11-7-8-13(9-12(11)2)16(20-3)10-14-5-4-6-15(18)17(14)19/h4-9,16,20H,10H2,1-3H3. The van der Waals surface area contributed by atoms with E-state index < -0.39 is 0 Å². The van der Waals surface area contributed by atoms with Crippen molar-refractivity contribution in [1.82, 2.24) is 5.32 Å². The van der Waals surface area contributed by atoms with E-state index in [-0.39, 0.29) is 16.9 Å². The van der Waals surface area contributed by atoms with Gasteiger partial charge in [-0.1, -0.05) is 41.9 Å². The number of benzene rings is 2. The number of halogens is 2. The molecule has 0 aliphatic carbocycles. The molecule has 0 saturated heterocycles. The van der Waals surface area contributed by atoms with Crippen molar-refractivity contribution in [2.75, 3.05) is 7.05 Å². The van der Waals surface area contributed by atoms with E-state index in [1.807, 2.05) is 7.05 Å². The molecule has 0 fully saturated rings. The first-order valence-electron chi connectivity index (χ1n) is 6.70. The van der Waals surface area contributed by atoms with E-state index in [0.29, 0.717) is 12.0 Å². The fourth-order valence-electron chi connectivity index (χ4n) is 2.29. The summed E-state index contributed by atoms with van der Waals surface area (Å²) in [7, 11) is 1.89. The zero-order chi connectivity index (χ0) is 14.7. The van der Waals surface area contributed by atoms with Gasteiger partial charge in [0.2, 0.25) is 0 Å². The predicted molar refractivity (Wildman–Crippen MR) is 82.8 cm³/mol. The number of nitrogens with one attached hydrogen (secondary N) is 1. The van der Waals surface area contributed by atoms with Crippen LogP contribution >= 0.6 is 11.6 Å². The van der Waals surface area contributed by atoms with Crippen LogP contribution in [-0.2, 0) is 6.42 Å². The number of likely N-dealkylation sites (N-methyl/N-ethyl adjacent to an activating group) is 1. The SMILES string of the molecule is CNC(Cc1cccc(Cl)c1F)c1ccc(C)c(C)c1. The van der Waals surface area contributed by atoms with Crippen LogP contribution in [0.15, 0.2) is 36.4 Å². The van der Waals surface area contributed by atoms with Crippen molar-refractivity contribution in [1.29, 1.82) is 0 Å². The first kappa shape index (κ1) is 15.0. The number of hydrogen-bond donors (Lipinski definition) is 1. The molecule has 1 unspecified atom stereocenters. The first-order chi connectivity index (χ1) is 9.52. The summed E-state index contributed by atoms with van der Waals surface area (Å²) in [5.74, 6) is -0.321. The van der Waals surface area contributed by atoms with Crippen molar-refractivity contribution < 1.29 is 4.39 Å². The van der Waals surface area contributed by atoms with Crippen molar-refractivity contribution in [2.45, 2.75) is 26.3 Å². The van der Waals surface area contributed by atoms with Crippen LogP contribution in [-0.4, -0.2) is 7.05 Å². The van der Waals surface area contributed by atoms with E-state index in [2.05, 4.69) is 37.4 Å². The molecule has 1 N–H and O–H groups in total. The molecular weight excluding hydrogens is 273 g/mol. The van der Waals surface area contributed by atoms with Gasteiger partial charge in [0.25, 0.3) is 0 Å². The third kappa shape index (κ3) is 3.20. The zero-order valence-electron chi connectivity index (χ0n) is 12.0. The highest BCUT2D eigenvalue weighted by Gasteiger charge is 2.14. The molecule has 2 rings (SSSR count). The van der Waals surface area contributed by atoms with Gasteiger partial charge in [0.1, 0.15) is 5.82 Å².